The molecule has 0 spiro atoms. The first-order valence-electron chi connectivity index (χ1n) is 5.98. The fourth-order valence-electron chi connectivity index (χ4n) is 2.25. The summed E-state index contributed by atoms with van der Waals surface area (Å²) in [6, 6.07) is 7.02. The second-order valence-corrected chi connectivity index (χ2v) is 5.70. The summed E-state index contributed by atoms with van der Waals surface area (Å²) in [5, 5.41) is 4.62. The number of hydrogen-bond acceptors (Lipinski definition) is 4. The Morgan fingerprint density at radius 3 is 3.29 bits per heavy atom. The number of benzene rings is 1. The summed E-state index contributed by atoms with van der Waals surface area (Å²) in [5.41, 5.74) is 2.48. The third kappa shape index (κ3) is 2.49. The molecule has 2 aromatic rings. The second-order valence-electron chi connectivity index (χ2n) is 4.47. The maximum atomic E-state index is 5.47. The van der Waals surface area contributed by atoms with Crippen molar-refractivity contribution in [2.45, 2.75) is 19.4 Å². The molecule has 3 nitrogen and oxygen atoms in total. The summed E-state index contributed by atoms with van der Waals surface area (Å²) in [5.74, 6) is 0. The van der Waals surface area contributed by atoms with Crippen molar-refractivity contribution >= 4 is 21.6 Å². The van der Waals surface area contributed by atoms with Gasteiger partial charge in [-0.3, -0.25) is 0 Å². The fraction of sp³-hybridized carbons (Fsp3) is 0.462. The number of nitrogens with one attached hydrogen (secondary N) is 1. The molecule has 0 radical (unpaired) electrons. The van der Waals surface area contributed by atoms with Crippen LogP contribution in [-0.4, -0.2) is 30.8 Å². The molecule has 1 atom stereocenters. The molecule has 3 rings (SSSR count). The molecule has 1 aromatic carbocycles. The summed E-state index contributed by atoms with van der Waals surface area (Å²) in [4.78, 5) is 4.48. The maximum absolute atomic E-state index is 5.47. The van der Waals surface area contributed by atoms with E-state index in [1.165, 1.54) is 10.3 Å². The van der Waals surface area contributed by atoms with Gasteiger partial charge in [0.1, 0.15) is 0 Å². The third-order valence-corrected chi connectivity index (χ3v) is 3.97. The van der Waals surface area contributed by atoms with Gasteiger partial charge in [0.05, 0.1) is 28.4 Å². The van der Waals surface area contributed by atoms with Crippen molar-refractivity contribution in [1.29, 1.82) is 0 Å². The van der Waals surface area contributed by atoms with Crippen molar-refractivity contribution in [1.82, 2.24) is 10.3 Å². The van der Waals surface area contributed by atoms with Crippen molar-refractivity contribution in [3.63, 3.8) is 0 Å². The van der Waals surface area contributed by atoms with Gasteiger partial charge in [-0.1, -0.05) is 6.07 Å². The fourth-order valence-corrected chi connectivity index (χ4v) is 3.14. The number of rotatable bonds is 2. The Morgan fingerprint density at radius 2 is 2.47 bits per heavy atom. The van der Waals surface area contributed by atoms with Crippen molar-refractivity contribution in [2.24, 2.45) is 0 Å². The largest absolute Gasteiger partial charge is 0.379 e. The van der Waals surface area contributed by atoms with Gasteiger partial charge >= 0.3 is 0 Å². The number of thiazole rings is 1. The summed E-state index contributed by atoms with van der Waals surface area (Å²) in [6.45, 7) is 4.68. The Hall–Kier alpha value is -0.970. The van der Waals surface area contributed by atoms with Crippen LogP contribution in [0.2, 0.25) is 0 Å². The van der Waals surface area contributed by atoms with Gasteiger partial charge < -0.3 is 10.1 Å². The van der Waals surface area contributed by atoms with Crippen molar-refractivity contribution < 1.29 is 4.74 Å². The van der Waals surface area contributed by atoms with Gasteiger partial charge in [-0.05, 0) is 31.0 Å². The molecule has 1 aromatic heterocycles. The van der Waals surface area contributed by atoms with Crippen LogP contribution < -0.4 is 5.32 Å². The average Bonchev–Trinajstić information content (AvgIpc) is 2.70. The first-order chi connectivity index (χ1) is 8.31. The smallest absolute Gasteiger partial charge is 0.0907 e. The Kier molecular flexibility index (Phi) is 3.09. The molecular formula is C13H16N2OS. The standard InChI is InChI=1S/C13H16N2OS/c1-9-15-12-3-2-10(7-13(12)17-9)6-11-8-16-5-4-14-11/h2-3,7,11,14H,4-6,8H2,1H3. The lowest BCUT2D eigenvalue weighted by Gasteiger charge is -2.23. The number of aryl methyl sites for hydroxylation is 1. The highest BCUT2D eigenvalue weighted by Gasteiger charge is 2.13. The van der Waals surface area contributed by atoms with E-state index in [4.69, 9.17) is 4.74 Å². The van der Waals surface area contributed by atoms with Crippen molar-refractivity contribution in [2.75, 3.05) is 19.8 Å². The van der Waals surface area contributed by atoms with Gasteiger partial charge in [-0.2, -0.15) is 0 Å². The summed E-state index contributed by atoms with van der Waals surface area (Å²) < 4.78 is 6.76. The SMILES string of the molecule is Cc1nc2ccc(CC3COCCN3)cc2s1. The maximum Gasteiger partial charge on any atom is 0.0907 e. The van der Waals surface area contributed by atoms with Gasteiger partial charge in [0.15, 0.2) is 0 Å². The van der Waals surface area contributed by atoms with Gasteiger partial charge in [0.25, 0.3) is 0 Å². The lowest BCUT2D eigenvalue weighted by Crippen LogP contribution is -2.42. The molecule has 0 saturated carbocycles. The van der Waals surface area contributed by atoms with Crippen molar-refractivity contribution in [3.05, 3.63) is 28.8 Å². The summed E-state index contributed by atoms with van der Waals surface area (Å²) in [7, 11) is 0. The van der Waals surface area contributed by atoms with Gasteiger partial charge in [-0.25, -0.2) is 4.98 Å². The summed E-state index contributed by atoms with van der Waals surface area (Å²) in [6.07, 6.45) is 1.03. The molecule has 0 bridgehead atoms. The molecule has 1 fully saturated rings. The van der Waals surface area contributed by atoms with Crippen LogP contribution in [0.25, 0.3) is 10.2 Å². The zero-order valence-corrected chi connectivity index (χ0v) is 10.7. The van der Waals surface area contributed by atoms with E-state index >= 15 is 0 Å². The average molecular weight is 248 g/mol. The lowest BCUT2D eigenvalue weighted by molar-refractivity contribution is 0.0770. The lowest BCUT2D eigenvalue weighted by atomic mass is 10.1. The van der Waals surface area contributed by atoms with E-state index in [9.17, 15) is 0 Å². The highest BCUT2D eigenvalue weighted by atomic mass is 32.1. The van der Waals surface area contributed by atoms with Gasteiger partial charge in [0.2, 0.25) is 0 Å². The van der Waals surface area contributed by atoms with Crippen LogP contribution in [0.5, 0.6) is 0 Å². The topological polar surface area (TPSA) is 34.1 Å². The molecule has 0 aliphatic carbocycles. The Balaban J connectivity index is 1.79. The predicted molar refractivity (Wildman–Crippen MR) is 70.7 cm³/mol. The Bertz CT molecular complexity index is 517. The highest BCUT2D eigenvalue weighted by molar-refractivity contribution is 7.18. The van der Waals surface area contributed by atoms with Crippen LogP contribution in [0.3, 0.4) is 0 Å². The monoisotopic (exact) mass is 248 g/mol. The molecule has 90 valence electrons. The van der Waals surface area contributed by atoms with E-state index < -0.39 is 0 Å². The van der Waals surface area contributed by atoms with E-state index in [2.05, 4.69) is 35.4 Å². The normalized spacial score (nSPS) is 20.9. The zero-order valence-electron chi connectivity index (χ0n) is 9.90. The van der Waals surface area contributed by atoms with E-state index in [0.29, 0.717) is 6.04 Å². The minimum atomic E-state index is 0.454. The molecule has 4 heteroatoms. The minimum absolute atomic E-state index is 0.454. The van der Waals surface area contributed by atoms with Crippen LogP contribution in [-0.2, 0) is 11.2 Å². The molecule has 1 aliphatic rings. The van der Waals surface area contributed by atoms with Crippen LogP contribution in [0.4, 0.5) is 0 Å². The number of aromatic nitrogens is 1. The molecule has 0 amide bonds. The first kappa shape index (κ1) is 11.1. The zero-order chi connectivity index (χ0) is 11.7. The summed E-state index contributed by atoms with van der Waals surface area (Å²) >= 11 is 1.77. The van der Waals surface area contributed by atoms with Crippen LogP contribution in [0.1, 0.15) is 10.6 Å². The van der Waals surface area contributed by atoms with E-state index in [-0.39, 0.29) is 0 Å². The first-order valence-corrected chi connectivity index (χ1v) is 6.80. The van der Waals surface area contributed by atoms with Gasteiger partial charge in [0, 0.05) is 12.6 Å². The van der Waals surface area contributed by atoms with Crippen LogP contribution >= 0.6 is 11.3 Å². The Morgan fingerprint density at radius 1 is 1.53 bits per heavy atom. The molecule has 17 heavy (non-hydrogen) atoms. The van der Waals surface area contributed by atoms with E-state index in [1.807, 2.05) is 0 Å². The van der Waals surface area contributed by atoms with E-state index in [1.54, 1.807) is 11.3 Å². The second kappa shape index (κ2) is 4.72. The Labute approximate surface area is 105 Å². The quantitative estimate of drug-likeness (QED) is 0.884. The number of ether oxygens (including phenoxy) is 1. The van der Waals surface area contributed by atoms with Crippen molar-refractivity contribution in [3.8, 4) is 0 Å². The number of fused-ring (bicyclic) bond motifs is 1. The minimum Gasteiger partial charge on any atom is -0.379 e. The van der Waals surface area contributed by atoms with Crippen LogP contribution in [0.15, 0.2) is 18.2 Å². The molecule has 1 unspecified atom stereocenters. The highest BCUT2D eigenvalue weighted by Crippen LogP contribution is 2.23. The molecule has 1 aliphatic heterocycles. The van der Waals surface area contributed by atoms with E-state index in [0.717, 1.165) is 36.7 Å². The molecule has 1 N–H and O–H groups in total. The molecular weight excluding hydrogens is 232 g/mol. The molecule has 1 saturated heterocycles. The van der Waals surface area contributed by atoms with Crippen LogP contribution in [0, 0.1) is 6.92 Å². The molecule has 2 heterocycles. The number of morpholine rings is 1. The number of hydrogen-bond donors (Lipinski definition) is 1. The number of nitrogens with zero attached hydrogens (tertiary/aromatic N) is 1. The third-order valence-electron chi connectivity index (χ3n) is 3.04. The predicted octanol–water partition coefficient (Wildman–Crippen LogP) is 2.14. The van der Waals surface area contributed by atoms with Gasteiger partial charge in [-0.15, -0.1) is 11.3 Å².